The van der Waals surface area contributed by atoms with Crippen LogP contribution in [0.1, 0.15) is 18.1 Å². The van der Waals surface area contributed by atoms with E-state index < -0.39 is 77.1 Å². The number of nitrogens with one attached hydrogen (secondary N) is 2. The van der Waals surface area contributed by atoms with Crippen molar-refractivity contribution in [2.24, 2.45) is 0 Å². The second-order valence-corrected chi connectivity index (χ2v) is 9.91. The third kappa shape index (κ3) is 5.31. The molecule has 1 atom stereocenters. The van der Waals surface area contributed by atoms with E-state index >= 15 is 4.39 Å². The van der Waals surface area contributed by atoms with Crippen molar-refractivity contribution in [3.05, 3.63) is 52.5 Å². The Morgan fingerprint density at radius 2 is 1.69 bits per heavy atom. The van der Waals surface area contributed by atoms with E-state index in [9.17, 15) is 50.1 Å². The lowest BCUT2D eigenvalue weighted by molar-refractivity contribution is -0.355. The average Bonchev–Trinajstić information content (AvgIpc) is 3.24. The van der Waals surface area contributed by atoms with E-state index in [1.165, 1.54) is 18.4 Å². The molecule has 9 N–H and O–H groups in total. The Bertz CT molecular complexity index is 1350. The highest BCUT2D eigenvalue weighted by molar-refractivity contribution is 6.09. The van der Waals surface area contributed by atoms with Crippen LogP contribution in [0.3, 0.4) is 0 Å². The van der Waals surface area contributed by atoms with Crippen LogP contribution in [-0.4, -0.2) is 114 Å². The fraction of sp³-hybridized carbons (Fsp3) is 0.423. The Labute approximate surface area is 238 Å². The quantitative estimate of drug-likeness (QED) is 0.0522. The first-order chi connectivity index (χ1) is 19.7. The van der Waals surface area contributed by atoms with E-state index in [-0.39, 0.29) is 23.3 Å². The number of rotatable bonds is 7. The van der Waals surface area contributed by atoms with Gasteiger partial charge in [0.05, 0.1) is 24.3 Å². The molecular weight excluding hydrogens is 563 g/mol. The highest BCUT2D eigenvalue weighted by Crippen LogP contribution is 2.42. The van der Waals surface area contributed by atoms with Gasteiger partial charge < -0.3 is 50.7 Å². The summed E-state index contributed by atoms with van der Waals surface area (Å²) in [6.07, 6.45) is 5.53. The summed E-state index contributed by atoms with van der Waals surface area (Å²) in [4.78, 5) is 39.9. The van der Waals surface area contributed by atoms with Gasteiger partial charge in [-0.3, -0.25) is 24.6 Å². The number of phenols is 3. The Morgan fingerprint density at radius 3 is 2.33 bits per heavy atom. The van der Waals surface area contributed by atoms with Gasteiger partial charge in [0.1, 0.15) is 0 Å². The van der Waals surface area contributed by atoms with Crippen LogP contribution in [0.4, 0.5) is 4.39 Å². The first-order valence-electron chi connectivity index (χ1n) is 12.8. The van der Waals surface area contributed by atoms with Gasteiger partial charge in [-0.25, -0.2) is 4.39 Å². The maximum atomic E-state index is 15.1. The molecule has 1 unspecified atom stereocenters. The molecule has 1 aromatic rings. The number of ether oxygens (including phenoxy) is 1. The predicted molar refractivity (Wildman–Crippen MR) is 138 cm³/mol. The Kier molecular flexibility index (Phi) is 8.58. The summed E-state index contributed by atoms with van der Waals surface area (Å²) in [5.41, 5.74) is -0.670. The van der Waals surface area contributed by atoms with Gasteiger partial charge in [0.25, 0.3) is 23.5 Å². The third-order valence-electron chi connectivity index (χ3n) is 7.24. The number of phenolic OH excluding ortho intramolecular Hbond substituents is 3. The molecule has 3 amide bonds. The maximum absolute atomic E-state index is 15.1. The predicted octanol–water partition coefficient (Wildman–Crippen LogP) is -2.52. The molecule has 3 aliphatic rings. The van der Waals surface area contributed by atoms with E-state index in [2.05, 4.69) is 5.32 Å². The third-order valence-corrected chi connectivity index (χ3v) is 7.24. The largest absolute Gasteiger partial charge is 0.504 e. The molecule has 0 radical (unpaired) electrons. The smallest absolute Gasteiger partial charge is 0.303 e. The number of hydrogen-bond donors (Lipinski definition) is 9. The van der Waals surface area contributed by atoms with Crippen molar-refractivity contribution in [3.8, 4) is 17.2 Å². The number of piperidine rings is 1. The number of likely N-dealkylation sites (tertiary alicyclic amines) is 1. The van der Waals surface area contributed by atoms with Crippen molar-refractivity contribution < 1.29 is 59.3 Å². The van der Waals surface area contributed by atoms with Crippen LogP contribution in [0.15, 0.2) is 35.6 Å². The maximum Gasteiger partial charge on any atom is 0.303 e. The van der Waals surface area contributed by atoms with Crippen molar-refractivity contribution >= 4 is 17.7 Å². The summed E-state index contributed by atoms with van der Waals surface area (Å²) in [7, 11) is 0. The number of halogens is 1. The number of morpholine rings is 1. The summed E-state index contributed by atoms with van der Waals surface area (Å²) in [5, 5.41) is 76.4. The molecule has 15 nitrogen and oxygen atoms in total. The molecule has 3 fully saturated rings. The number of hydrogen-bond acceptors (Lipinski definition) is 13. The summed E-state index contributed by atoms with van der Waals surface area (Å²) < 4.78 is 20.4. The number of benzene rings is 1. The summed E-state index contributed by atoms with van der Waals surface area (Å²) >= 11 is 0. The molecule has 4 rings (SSSR count). The van der Waals surface area contributed by atoms with Gasteiger partial charge in [-0.1, -0.05) is 12.2 Å². The standard InChI is InChI=1S/C26H31FN4O11/c1-2-3-4-14-13(11-31(23(14)36)21-22(35)29-24(37)26(40,41)25(21,38)39)9-28-10-15-17(27)18(32)16(20(34)19(15)33)12-30-5-7-42-8-6-30/h2-4,9,21,28,32-34,38-41H,5-8,10-12H2,1H3,(H,29,35,37)/b3-2-,13-9+,14-4+. The van der Waals surface area contributed by atoms with Crippen LogP contribution >= 0.6 is 0 Å². The number of carbonyl (C=O) groups is 3. The molecule has 3 saturated heterocycles. The van der Waals surface area contributed by atoms with Crippen molar-refractivity contribution in [2.75, 3.05) is 32.8 Å². The van der Waals surface area contributed by atoms with Gasteiger partial charge in [-0.05, 0) is 18.6 Å². The normalized spacial score (nSPS) is 24.7. The first-order valence-corrected chi connectivity index (χ1v) is 12.8. The number of imide groups is 1. The fourth-order valence-electron chi connectivity index (χ4n) is 4.85. The van der Waals surface area contributed by atoms with Gasteiger partial charge in [-0.2, -0.15) is 0 Å². The lowest BCUT2D eigenvalue weighted by Gasteiger charge is -2.44. The molecule has 3 heterocycles. The lowest BCUT2D eigenvalue weighted by Crippen LogP contribution is -2.79. The summed E-state index contributed by atoms with van der Waals surface area (Å²) in [5.74, 6) is -15.3. The van der Waals surface area contributed by atoms with Crippen molar-refractivity contribution in [2.45, 2.75) is 37.6 Å². The minimum absolute atomic E-state index is 0.0408. The van der Waals surface area contributed by atoms with Crippen molar-refractivity contribution in [1.29, 1.82) is 0 Å². The van der Waals surface area contributed by atoms with Crippen molar-refractivity contribution in [3.63, 3.8) is 0 Å². The minimum Gasteiger partial charge on any atom is -0.504 e. The van der Waals surface area contributed by atoms with E-state index in [1.807, 2.05) is 0 Å². The van der Waals surface area contributed by atoms with Crippen molar-refractivity contribution in [1.82, 2.24) is 20.4 Å². The van der Waals surface area contributed by atoms with Gasteiger partial charge in [0.15, 0.2) is 29.1 Å². The number of nitrogens with zero attached hydrogens (tertiary/aromatic N) is 2. The highest BCUT2D eigenvalue weighted by atomic mass is 19.1. The lowest BCUT2D eigenvalue weighted by atomic mass is 9.90. The molecule has 3 aliphatic heterocycles. The van der Waals surface area contributed by atoms with Crippen LogP contribution in [0.25, 0.3) is 0 Å². The number of allylic oxidation sites excluding steroid dienone is 3. The number of carbonyl (C=O) groups excluding carboxylic acids is 3. The van der Waals surface area contributed by atoms with Crippen LogP contribution < -0.4 is 10.6 Å². The summed E-state index contributed by atoms with van der Waals surface area (Å²) in [6, 6.07) is -2.33. The zero-order valence-corrected chi connectivity index (χ0v) is 22.4. The van der Waals surface area contributed by atoms with Gasteiger partial charge in [-0.15, -0.1) is 0 Å². The minimum atomic E-state index is -3.84. The second kappa shape index (κ2) is 11.7. The molecule has 228 valence electrons. The molecule has 16 heteroatoms. The monoisotopic (exact) mass is 594 g/mol. The molecule has 0 aliphatic carbocycles. The molecular formula is C26H31FN4O11. The number of aliphatic hydroxyl groups is 4. The molecule has 1 aromatic carbocycles. The molecule has 42 heavy (non-hydrogen) atoms. The van der Waals surface area contributed by atoms with Crippen LogP contribution in [0.5, 0.6) is 17.2 Å². The van der Waals surface area contributed by atoms with E-state index in [1.54, 1.807) is 23.2 Å². The average molecular weight is 595 g/mol. The van der Waals surface area contributed by atoms with Crippen LogP contribution in [0, 0.1) is 5.82 Å². The van der Waals surface area contributed by atoms with Crippen LogP contribution in [0.2, 0.25) is 0 Å². The highest BCUT2D eigenvalue weighted by Gasteiger charge is 2.67. The Hall–Kier alpha value is -4.06. The second-order valence-electron chi connectivity index (χ2n) is 9.91. The van der Waals surface area contributed by atoms with E-state index in [0.717, 1.165) is 0 Å². The van der Waals surface area contributed by atoms with E-state index in [4.69, 9.17) is 4.74 Å². The molecule has 0 bridgehead atoms. The van der Waals surface area contributed by atoms with Gasteiger partial charge in [0, 0.05) is 44.5 Å². The summed E-state index contributed by atoms with van der Waals surface area (Å²) in [6.45, 7) is 2.37. The van der Waals surface area contributed by atoms with Gasteiger partial charge in [0.2, 0.25) is 0 Å². The Morgan fingerprint density at radius 1 is 1.05 bits per heavy atom. The fourth-order valence-corrected chi connectivity index (χ4v) is 4.85. The van der Waals surface area contributed by atoms with Gasteiger partial charge >= 0.3 is 5.79 Å². The van der Waals surface area contributed by atoms with E-state index in [0.29, 0.717) is 31.2 Å². The number of amides is 3. The zero-order chi connectivity index (χ0) is 31.0. The van der Waals surface area contributed by atoms with Crippen LogP contribution in [-0.2, 0) is 32.2 Å². The topological polar surface area (TPSA) is 233 Å². The molecule has 0 spiro atoms. The molecule has 0 saturated carbocycles. The molecule has 0 aromatic heterocycles. The first kappa shape index (κ1) is 30.9. The Balaban J connectivity index is 1.60. The SMILES string of the molecule is C\C=C/C=C1/C(=O)N(C2C(=O)NC(=O)C(O)(O)C2(O)O)C/C1=C\NCc1c(O)c(O)c(CN2CCOCC2)c(O)c1F. The number of aromatic hydroxyl groups is 3. The zero-order valence-electron chi connectivity index (χ0n) is 22.4.